The maximum atomic E-state index is 12.3. The Morgan fingerprint density at radius 3 is 2.41 bits per heavy atom. The van der Waals surface area contributed by atoms with Gasteiger partial charge in [-0.1, -0.05) is 0 Å². The Bertz CT molecular complexity index is 262. The predicted octanol–water partition coefficient (Wildman–Crippen LogP) is 0.795. The Balaban J connectivity index is 2.43. The van der Waals surface area contributed by atoms with Crippen LogP contribution in [0.3, 0.4) is 0 Å². The standard InChI is InChI=1S/C10H16F3NO3/c1-17-6-8(15)14-4-2-7(3-5-14)9(16)10(11,12)13/h7,9,16H,2-6H2,1H3. The van der Waals surface area contributed by atoms with Crippen molar-refractivity contribution in [1.82, 2.24) is 4.90 Å². The topological polar surface area (TPSA) is 49.8 Å². The van der Waals surface area contributed by atoms with Crippen LogP contribution in [0.25, 0.3) is 0 Å². The molecule has 1 heterocycles. The SMILES string of the molecule is COCC(=O)N1CCC(C(O)C(F)(F)F)CC1. The maximum absolute atomic E-state index is 12.3. The van der Waals surface area contributed by atoms with Gasteiger partial charge in [-0.15, -0.1) is 0 Å². The first-order valence-electron chi connectivity index (χ1n) is 5.37. The molecule has 1 unspecified atom stereocenters. The van der Waals surface area contributed by atoms with Crippen LogP contribution in [0.5, 0.6) is 0 Å². The third kappa shape index (κ3) is 3.85. The van der Waals surface area contributed by atoms with Gasteiger partial charge in [0.05, 0.1) is 0 Å². The van der Waals surface area contributed by atoms with Crippen molar-refractivity contribution in [3.8, 4) is 0 Å². The number of carbonyl (C=O) groups is 1. The Labute approximate surface area is 97.3 Å². The molecule has 0 bridgehead atoms. The van der Waals surface area contributed by atoms with Gasteiger partial charge in [-0.25, -0.2) is 0 Å². The second kappa shape index (κ2) is 5.68. The van der Waals surface area contributed by atoms with Crippen LogP contribution in [0.2, 0.25) is 0 Å². The molecule has 1 aliphatic rings. The molecule has 1 aliphatic heterocycles. The Morgan fingerprint density at radius 1 is 1.47 bits per heavy atom. The van der Waals surface area contributed by atoms with Crippen LogP contribution in [-0.2, 0) is 9.53 Å². The van der Waals surface area contributed by atoms with Crippen LogP contribution in [-0.4, -0.2) is 55.0 Å². The molecule has 1 rings (SSSR count). The van der Waals surface area contributed by atoms with Gasteiger partial charge in [-0.2, -0.15) is 13.2 Å². The van der Waals surface area contributed by atoms with Crippen molar-refractivity contribution >= 4 is 5.91 Å². The number of amides is 1. The number of carbonyl (C=O) groups excluding carboxylic acids is 1. The molecule has 100 valence electrons. The number of aliphatic hydroxyl groups is 1. The number of ether oxygens (including phenoxy) is 1. The lowest BCUT2D eigenvalue weighted by Crippen LogP contribution is -2.46. The monoisotopic (exact) mass is 255 g/mol. The molecule has 4 nitrogen and oxygen atoms in total. The molecule has 1 fully saturated rings. The van der Waals surface area contributed by atoms with Gasteiger partial charge in [-0.05, 0) is 18.8 Å². The number of nitrogens with zero attached hydrogens (tertiary/aromatic N) is 1. The van der Waals surface area contributed by atoms with Crippen LogP contribution in [0.1, 0.15) is 12.8 Å². The first kappa shape index (κ1) is 14.2. The van der Waals surface area contributed by atoms with Crippen molar-refractivity contribution in [1.29, 1.82) is 0 Å². The summed E-state index contributed by atoms with van der Waals surface area (Å²) in [5, 5.41) is 9.09. The van der Waals surface area contributed by atoms with Gasteiger partial charge >= 0.3 is 6.18 Å². The minimum atomic E-state index is -4.58. The quantitative estimate of drug-likeness (QED) is 0.811. The summed E-state index contributed by atoms with van der Waals surface area (Å²) in [4.78, 5) is 12.8. The number of methoxy groups -OCH3 is 1. The van der Waals surface area contributed by atoms with Crippen LogP contribution >= 0.6 is 0 Å². The number of alkyl halides is 3. The molecule has 0 aliphatic carbocycles. The van der Waals surface area contributed by atoms with Crippen LogP contribution < -0.4 is 0 Å². The van der Waals surface area contributed by atoms with Gasteiger partial charge in [0.2, 0.25) is 5.91 Å². The molecule has 0 aromatic heterocycles. The molecule has 0 aromatic carbocycles. The van der Waals surface area contributed by atoms with Crippen molar-refractivity contribution in [2.45, 2.75) is 25.1 Å². The van der Waals surface area contributed by atoms with Gasteiger partial charge in [-0.3, -0.25) is 4.79 Å². The lowest BCUT2D eigenvalue weighted by molar-refractivity contribution is -0.223. The van der Waals surface area contributed by atoms with Gasteiger partial charge in [0, 0.05) is 20.2 Å². The third-order valence-electron chi connectivity index (χ3n) is 2.94. The molecule has 0 spiro atoms. The van der Waals surface area contributed by atoms with E-state index in [1.807, 2.05) is 0 Å². The van der Waals surface area contributed by atoms with E-state index in [0.717, 1.165) is 0 Å². The summed E-state index contributed by atoms with van der Waals surface area (Å²) in [5.74, 6) is -1.05. The lowest BCUT2D eigenvalue weighted by Gasteiger charge is -2.34. The van der Waals surface area contributed by atoms with Crippen molar-refractivity contribution in [2.24, 2.45) is 5.92 Å². The molecule has 1 saturated heterocycles. The Hall–Kier alpha value is -0.820. The second-order valence-corrected chi connectivity index (χ2v) is 4.14. The van der Waals surface area contributed by atoms with Gasteiger partial charge in [0.1, 0.15) is 6.61 Å². The highest BCUT2D eigenvalue weighted by Gasteiger charge is 2.44. The summed E-state index contributed by atoms with van der Waals surface area (Å²) >= 11 is 0. The molecule has 1 amide bonds. The van der Waals surface area contributed by atoms with E-state index in [1.54, 1.807) is 0 Å². The maximum Gasteiger partial charge on any atom is 0.414 e. The summed E-state index contributed by atoms with van der Waals surface area (Å²) in [7, 11) is 1.39. The fourth-order valence-electron chi connectivity index (χ4n) is 1.95. The lowest BCUT2D eigenvalue weighted by atomic mass is 9.91. The van der Waals surface area contributed by atoms with E-state index in [2.05, 4.69) is 4.74 Å². The molecule has 7 heteroatoms. The van der Waals surface area contributed by atoms with E-state index in [9.17, 15) is 18.0 Å². The van der Waals surface area contributed by atoms with Crippen molar-refractivity contribution in [2.75, 3.05) is 26.8 Å². The van der Waals surface area contributed by atoms with Crippen LogP contribution in [0.4, 0.5) is 13.2 Å². The van der Waals surface area contributed by atoms with Gasteiger partial charge < -0.3 is 14.7 Å². The average molecular weight is 255 g/mol. The predicted molar refractivity (Wildman–Crippen MR) is 53.2 cm³/mol. The largest absolute Gasteiger partial charge is 0.414 e. The van der Waals surface area contributed by atoms with E-state index in [0.29, 0.717) is 0 Å². The smallest absolute Gasteiger partial charge is 0.383 e. The minimum Gasteiger partial charge on any atom is -0.383 e. The molecule has 0 radical (unpaired) electrons. The minimum absolute atomic E-state index is 0.0630. The zero-order valence-corrected chi connectivity index (χ0v) is 9.54. The number of piperidine rings is 1. The van der Waals surface area contributed by atoms with Crippen molar-refractivity contribution < 1.29 is 27.8 Å². The first-order valence-corrected chi connectivity index (χ1v) is 5.37. The fourth-order valence-corrected chi connectivity index (χ4v) is 1.95. The molecule has 0 aromatic rings. The van der Waals surface area contributed by atoms with Crippen molar-refractivity contribution in [3.05, 3.63) is 0 Å². The summed E-state index contributed by atoms with van der Waals surface area (Å²) in [5.41, 5.74) is 0. The second-order valence-electron chi connectivity index (χ2n) is 4.14. The highest BCUT2D eigenvalue weighted by Crippen LogP contribution is 2.31. The van der Waals surface area contributed by atoms with E-state index in [4.69, 9.17) is 5.11 Å². The van der Waals surface area contributed by atoms with E-state index < -0.39 is 18.2 Å². The molecule has 1 N–H and O–H groups in total. The van der Waals surface area contributed by atoms with E-state index in [1.165, 1.54) is 12.0 Å². The molecule has 0 saturated carbocycles. The average Bonchev–Trinajstić information content (AvgIpc) is 2.27. The van der Waals surface area contributed by atoms with Crippen molar-refractivity contribution in [3.63, 3.8) is 0 Å². The zero-order chi connectivity index (χ0) is 13.1. The van der Waals surface area contributed by atoms with Crippen LogP contribution in [0.15, 0.2) is 0 Å². The first-order chi connectivity index (χ1) is 7.86. The number of likely N-dealkylation sites (tertiary alicyclic amines) is 1. The highest BCUT2D eigenvalue weighted by molar-refractivity contribution is 5.77. The van der Waals surface area contributed by atoms with E-state index >= 15 is 0 Å². The zero-order valence-electron chi connectivity index (χ0n) is 9.54. The number of aliphatic hydroxyl groups excluding tert-OH is 1. The summed E-state index contributed by atoms with van der Waals surface area (Å²) in [6, 6.07) is 0. The molecule has 17 heavy (non-hydrogen) atoms. The summed E-state index contributed by atoms with van der Waals surface area (Å²) in [6.45, 7) is 0.409. The number of hydrogen-bond donors (Lipinski definition) is 1. The number of hydrogen-bond acceptors (Lipinski definition) is 3. The van der Waals surface area contributed by atoms with Gasteiger partial charge in [0.25, 0.3) is 0 Å². The molecule has 1 atom stereocenters. The summed E-state index contributed by atoms with van der Waals surface area (Å²) in [6.07, 6.45) is -6.54. The third-order valence-corrected chi connectivity index (χ3v) is 2.94. The number of rotatable bonds is 3. The molecular weight excluding hydrogens is 239 g/mol. The van der Waals surface area contributed by atoms with E-state index in [-0.39, 0.29) is 38.4 Å². The normalized spacial score (nSPS) is 20.4. The Kier molecular flexibility index (Phi) is 4.76. The summed E-state index contributed by atoms with van der Waals surface area (Å²) < 4.78 is 41.4. The van der Waals surface area contributed by atoms with Crippen LogP contribution in [0, 0.1) is 5.92 Å². The fraction of sp³-hybridized carbons (Fsp3) is 0.900. The van der Waals surface area contributed by atoms with Gasteiger partial charge in [0.15, 0.2) is 6.10 Å². The molecular formula is C10H16F3NO3. The Morgan fingerprint density at radius 2 is 2.00 bits per heavy atom. The highest BCUT2D eigenvalue weighted by atomic mass is 19.4. The number of halogens is 3.